The summed E-state index contributed by atoms with van der Waals surface area (Å²) in [5, 5.41) is 4.06. The van der Waals surface area contributed by atoms with Crippen molar-refractivity contribution in [2.45, 2.75) is 76.3 Å². The van der Waals surface area contributed by atoms with Crippen molar-refractivity contribution >= 4 is 0 Å². The minimum Gasteiger partial charge on any atom is -0.306 e. The van der Waals surface area contributed by atoms with E-state index < -0.39 is 0 Å². The third-order valence-corrected chi connectivity index (χ3v) is 6.30. The Morgan fingerprint density at radius 3 is 2.15 bits per heavy atom. The highest BCUT2D eigenvalue weighted by atomic mass is 15.0. The molecule has 0 aliphatic heterocycles. The van der Waals surface area contributed by atoms with Gasteiger partial charge < -0.3 is 5.32 Å². The van der Waals surface area contributed by atoms with Crippen LogP contribution in [0.1, 0.15) is 75.9 Å². The molecule has 1 unspecified atom stereocenters. The van der Waals surface area contributed by atoms with Crippen LogP contribution in [0, 0.1) is 5.92 Å². The molecule has 1 atom stereocenters. The summed E-state index contributed by atoms with van der Waals surface area (Å²) in [6.45, 7) is 0. The van der Waals surface area contributed by atoms with Crippen LogP contribution in [0.15, 0.2) is 48.5 Å². The number of nitrogens with zero attached hydrogens (tertiary/aromatic N) is 1. The molecule has 1 aromatic carbocycles. The highest BCUT2D eigenvalue weighted by Crippen LogP contribution is 2.36. The monoisotopic (exact) mass is 348 g/mol. The third-order valence-electron chi connectivity index (χ3n) is 6.30. The van der Waals surface area contributed by atoms with Crippen LogP contribution >= 0.6 is 0 Å². The van der Waals surface area contributed by atoms with Gasteiger partial charge in [-0.15, -0.1) is 0 Å². The molecule has 2 aliphatic rings. The summed E-state index contributed by atoms with van der Waals surface area (Å²) in [5.41, 5.74) is 3.58. The predicted octanol–water partition coefficient (Wildman–Crippen LogP) is 6.29. The Hall–Kier alpha value is -1.67. The van der Waals surface area contributed by atoms with Crippen LogP contribution < -0.4 is 5.32 Å². The molecule has 26 heavy (non-hydrogen) atoms. The zero-order valence-corrected chi connectivity index (χ0v) is 15.9. The summed E-state index contributed by atoms with van der Waals surface area (Å²) in [7, 11) is 0. The second-order valence-electron chi connectivity index (χ2n) is 8.19. The Balaban J connectivity index is 1.59. The average Bonchev–Trinajstić information content (AvgIpc) is 2.74. The maximum absolute atomic E-state index is 5.12. The number of pyridine rings is 1. The van der Waals surface area contributed by atoms with Gasteiger partial charge in [0.25, 0.3) is 0 Å². The SMILES string of the molecule is c1ccc(-c2cccc(C(NC3CCCCC3)C3CCCCC3)n2)cc1. The van der Waals surface area contributed by atoms with Crippen LogP contribution in [-0.2, 0) is 0 Å². The molecule has 2 nitrogen and oxygen atoms in total. The lowest BCUT2D eigenvalue weighted by Gasteiger charge is -2.35. The fourth-order valence-electron chi connectivity index (χ4n) is 4.85. The molecule has 1 aromatic heterocycles. The molecule has 2 fully saturated rings. The van der Waals surface area contributed by atoms with E-state index >= 15 is 0 Å². The molecule has 2 aliphatic carbocycles. The Bertz CT molecular complexity index is 670. The van der Waals surface area contributed by atoms with Gasteiger partial charge in [0, 0.05) is 11.6 Å². The van der Waals surface area contributed by atoms with Crippen LogP contribution in [0.5, 0.6) is 0 Å². The number of aromatic nitrogens is 1. The number of hydrogen-bond acceptors (Lipinski definition) is 2. The average molecular weight is 349 g/mol. The Morgan fingerprint density at radius 2 is 1.42 bits per heavy atom. The van der Waals surface area contributed by atoms with Gasteiger partial charge in [0.15, 0.2) is 0 Å². The van der Waals surface area contributed by atoms with E-state index in [0.29, 0.717) is 12.1 Å². The van der Waals surface area contributed by atoms with E-state index in [2.05, 4.69) is 53.8 Å². The van der Waals surface area contributed by atoms with E-state index in [4.69, 9.17) is 4.98 Å². The van der Waals surface area contributed by atoms with Crippen LogP contribution in [0.2, 0.25) is 0 Å². The van der Waals surface area contributed by atoms with Gasteiger partial charge >= 0.3 is 0 Å². The summed E-state index contributed by atoms with van der Waals surface area (Å²) in [6, 6.07) is 18.3. The minimum absolute atomic E-state index is 0.419. The molecule has 0 saturated heterocycles. The highest BCUT2D eigenvalue weighted by Gasteiger charge is 2.28. The lowest BCUT2D eigenvalue weighted by atomic mass is 9.81. The molecule has 1 heterocycles. The molecule has 138 valence electrons. The van der Waals surface area contributed by atoms with Crippen LogP contribution in [0.3, 0.4) is 0 Å². The van der Waals surface area contributed by atoms with Gasteiger partial charge in [-0.25, -0.2) is 0 Å². The van der Waals surface area contributed by atoms with E-state index in [1.165, 1.54) is 75.5 Å². The lowest BCUT2D eigenvalue weighted by Crippen LogP contribution is -2.39. The van der Waals surface area contributed by atoms with Crippen LogP contribution in [0.4, 0.5) is 0 Å². The number of rotatable bonds is 5. The van der Waals surface area contributed by atoms with Gasteiger partial charge in [-0.1, -0.05) is 74.9 Å². The normalized spacial score (nSPS) is 20.8. The van der Waals surface area contributed by atoms with Crippen molar-refractivity contribution in [1.29, 1.82) is 0 Å². The van der Waals surface area contributed by atoms with E-state index in [0.717, 1.165) is 11.6 Å². The molecular formula is C24H32N2. The summed E-state index contributed by atoms with van der Waals surface area (Å²) in [4.78, 5) is 5.12. The molecule has 2 aromatic rings. The predicted molar refractivity (Wildman–Crippen MR) is 109 cm³/mol. The summed E-state index contributed by atoms with van der Waals surface area (Å²) in [6.07, 6.45) is 13.7. The molecule has 2 saturated carbocycles. The third kappa shape index (κ3) is 4.35. The zero-order valence-electron chi connectivity index (χ0n) is 15.9. The van der Waals surface area contributed by atoms with Crippen molar-refractivity contribution in [3.05, 3.63) is 54.2 Å². The van der Waals surface area contributed by atoms with E-state index in [9.17, 15) is 0 Å². The lowest BCUT2D eigenvalue weighted by molar-refractivity contribution is 0.230. The van der Waals surface area contributed by atoms with Crippen molar-refractivity contribution in [2.24, 2.45) is 5.92 Å². The van der Waals surface area contributed by atoms with Crippen molar-refractivity contribution in [3.8, 4) is 11.3 Å². The Kier molecular flexibility index (Phi) is 6.01. The Morgan fingerprint density at radius 1 is 0.731 bits per heavy atom. The summed E-state index contributed by atoms with van der Waals surface area (Å²) >= 11 is 0. The number of nitrogens with one attached hydrogen (secondary N) is 1. The standard InChI is InChI=1S/C24H32N2/c1-4-11-19(12-5-1)22-17-10-18-23(26-22)24(20-13-6-2-7-14-20)25-21-15-8-3-9-16-21/h1,4-5,10-12,17-18,20-21,24-25H,2-3,6-9,13-16H2. The van der Waals surface area contributed by atoms with Crippen LogP contribution in [-0.4, -0.2) is 11.0 Å². The topological polar surface area (TPSA) is 24.9 Å². The molecule has 0 amide bonds. The molecule has 0 radical (unpaired) electrons. The van der Waals surface area contributed by atoms with Gasteiger partial charge in [0.2, 0.25) is 0 Å². The second kappa shape index (κ2) is 8.81. The zero-order chi connectivity index (χ0) is 17.6. The fourth-order valence-corrected chi connectivity index (χ4v) is 4.85. The minimum atomic E-state index is 0.419. The van der Waals surface area contributed by atoms with E-state index in [1.54, 1.807) is 0 Å². The first-order valence-corrected chi connectivity index (χ1v) is 10.7. The van der Waals surface area contributed by atoms with E-state index in [1.807, 2.05) is 0 Å². The van der Waals surface area contributed by atoms with Gasteiger partial charge in [-0.05, 0) is 43.7 Å². The first-order chi connectivity index (χ1) is 12.9. The summed E-state index contributed by atoms with van der Waals surface area (Å²) in [5.74, 6) is 0.740. The molecule has 0 spiro atoms. The molecular weight excluding hydrogens is 316 g/mol. The van der Waals surface area contributed by atoms with Crippen molar-refractivity contribution < 1.29 is 0 Å². The first-order valence-electron chi connectivity index (χ1n) is 10.7. The van der Waals surface area contributed by atoms with E-state index in [-0.39, 0.29) is 0 Å². The maximum atomic E-state index is 5.12. The highest BCUT2D eigenvalue weighted by molar-refractivity contribution is 5.58. The number of hydrogen-bond donors (Lipinski definition) is 1. The number of benzene rings is 1. The molecule has 1 N–H and O–H groups in total. The van der Waals surface area contributed by atoms with Gasteiger partial charge in [0.1, 0.15) is 0 Å². The quantitative estimate of drug-likeness (QED) is 0.686. The van der Waals surface area contributed by atoms with Crippen molar-refractivity contribution in [2.75, 3.05) is 0 Å². The van der Waals surface area contributed by atoms with Gasteiger partial charge in [-0.3, -0.25) is 4.98 Å². The molecule has 0 bridgehead atoms. The molecule has 4 rings (SSSR count). The van der Waals surface area contributed by atoms with Crippen LogP contribution in [0.25, 0.3) is 11.3 Å². The van der Waals surface area contributed by atoms with Gasteiger partial charge in [-0.2, -0.15) is 0 Å². The summed E-state index contributed by atoms with van der Waals surface area (Å²) < 4.78 is 0. The largest absolute Gasteiger partial charge is 0.306 e. The van der Waals surface area contributed by atoms with Crippen molar-refractivity contribution in [1.82, 2.24) is 10.3 Å². The Labute approximate surface area is 158 Å². The van der Waals surface area contributed by atoms with Crippen molar-refractivity contribution in [3.63, 3.8) is 0 Å². The maximum Gasteiger partial charge on any atom is 0.0706 e. The van der Waals surface area contributed by atoms with Gasteiger partial charge in [0.05, 0.1) is 17.4 Å². The fraction of sp³-hybridized carbons (Fsp3) is 0.542. The first kappa shape index (κ1) is 17.7. The molecule has 2 heteroatoms. The second-order valence-corrected chi connectivity index (χ2v) is 8.19. The smallest absolute Gasteiger partial charge is 0.0706 e.